The highest BCUT2D eigenvalue weighted by atomic mass is 79.9. The van der Waals surface area contributed by atoms with Crippen molar-refractivity contribution in [2.75, 3.05) is 5.75 Å². The fraction of sp³-hybridized carbons (Fsp3) is 0.357. The van der Waals surface area contributed by atoms with Crippen molar-refractivity contribution >= 4 is 39.3 Å². The molecule has 0 saturated carbocycles. The summed E-state index contributed by atoms with van der Waals surface area (Å²) in [6, 6.07) is 7.76. The molecule has 20 heavy (non-hydrogen) atoms. The van der Waals surface area contributed by atoms with Gasteiger partial charge in [0, 0.05) is 22.2 Å². The number of rotatable bonds is 6. The summed E-state index contributed by atoms with van der Waals surface area (Å²) in [5.41, 5.74) is 7.37. The molecule has 1 aromatic carbocycles. The van der Waals surface area contributed by atoms with Crippen molar-refractivity contribution in [3.8, 4) is 0 Å². The number of aromatic nitrogens is 2. The number of hydrogen-bond donors (Lipinski definition) is 1. The Morgan fingerprint density at radius 2 is 2.10 bits per heavy atom. The molecule has 1 aromatic heterocycles. The molecule has 0 fully saturated rings. The van der Waals surface area contributed by atoms with Gasteiger partial charge in [0.2, 0.25) is 0 Å². The van der Waals surface area contributed by atoms with Crippen molar-refractivity contribution in [1.82, 2.24) is 9.78 Å². The Kier molecular flexibility index (Phi) is 5.96. The number of halogens is 2. The molecule has 0 bridgehead atoms. The third-order valence-electron chi connectivity index (χ3n) is 2.86. The lowest BCUT2D eigenvalue weighted by Gasteiger charge is -2.14. The fourth-order valence-corrected chi connectivity index (χ4v) is 3.50. The van der Waals surface area contributed by atoms with Gasteiger partial charge in [-0.2, -0.15) is 5.10 Å². The summed E-state index contributed by atoms with van der Waals surface area (Å²) in [5.74, 6) is 0.801. The summed E-state index contributed by atoms with van der Waals surface area (Å²) in [5, 5.41) is 5.11. The molecule has 108 valence electrons. The Labute approximate surface area is 137 Å². The standard InChI is InChI=1S/C14H17BrClN3S/c1-2-7-19-14(12(15)8-18-19)13(17)9-20-11-5-3-10(16)4-6-11/h3-6,8,13H,2,7,9,17H2,1H3. The van der Waals surface area contributed by atoms with Crippen LogP contribution in [0.25, 0.3) is 0 Å². The fourth-order valence-electron chi connectivity index (χ4n) is 1.93. The van der Waals surface area contributed by atoms with Gasteiger partial charge in [-0.15, -0.1) is 11.8 Å². The van der Waals surface area contributed by atoms with E-state index in [9.17, 15) is 0 Å². The molecular formula is C14H17BrClN3S. The number of benzene rings is 1. The van der Waals surface area contributed by atoms with Gasteiger partial charge in [0.1, 0.15) is 0 Å². The van der Waals surface area contributed by atoms with Crippen molar-refractivity contribution in [2.45, 2.75) is 30.8 Å². The Bertz CT molecular complexity index is 556. The highest BCUT2D eigenvalue weighted by Gasteiger charge is 2.16. The van der Waals surface area contributed by atoms with E-state index in [-0.39, 0.29) is 6.04 Å². The normalized spacial score (nSPS) is 12.6. The van der Waals surface area contributed by atoms with E-state index >= 15 is 0 Å². The second-order valence-electron chi connectivity index (χ2n) is 4.47. The van der Waals surface area contributed by atoms with Gasteiger partial charge in [0.25, 0.3) is 0 Å². The number of aryl methyl sites for hydroxylation is 1. The van der Waals surface area contributed by atoms with E-state index in [0.29, 0.717) is 0 Å². The topological polar surface area (TPSA) is 43.8 Å². The highest BCUT2D eigenvalue weighted by molar-refractivity contribution is 9.10. The van der Waals surface area contributed by atoms with Crippen LogP contribution in [0.15, 0.2) is 39.8 Å². The van der Waals surface area contributed by atoms with Crippen molar-refractivity contribution in [2.24, 2.45) is 5.73 Å². The number of thioether (sulfide) groups is 1. The van der Waals surface area contributed by atoms with Crippen molar-refractivity contribution < 1.29 is 0 Å². The van der Waals surface area contributed by atoms with Crippen LogP contribution < -0.4 is 5.73 Å². The first-order valence-electron chi connectivity index (χ1n) is 6.47. The van der Waals surface area contributed by atoms with Crippen molar-refractivity contribution in [3.05, 3.63) is 45.7 Å². The molecule has 0 radical (unpaired) electrons. The summed E-state index contributed by atoms with van der Waals surface area (Å²) in [4.78, 5) is 1.17. The molecule has 2 aromatic rings. The SMILES string of the molecule is CCCn1ncc(Br)c1C(N)CSc1ccc(Cl)cc1. The van der Waals surface area contributed by atoms with Gasteiger partial charge in [-0.25, -0.2) is 0 Å². The zero-order valence-corrected chi connectivity index (χ0v) is 14.4. The van der Waals surface area contributed by atoms with Crippen LogP contribution in [0.1, 0.15) is 25.1 Å². The maximum atomic E-state index is 6.31. The lowest BCUT2D eigenvalue weighted by molar-refractivity contribution is 0.553. The molecule has 0 aliphatic carbocycles. The smallest absolute Gasteiger partial charge is 0.0702 e. The largest absolute Gasteiger partial charge is 0.322 e. The van der Waals surface area contributed by atoms with E-state index in [2.05, 4.69) is 28.0 Å². The highest BCUT2D eigenvalue weighted by Crippen LogP contribution is 2.28. The van der Waals surface area contributed by atoms with E-state index in [0.717, 1.165) is 33.9 Å². The molecule has 0 spiro atoms. The second-order valence-corrected chi connectivity index (χ2v) is 6.86. The lowest BCUT2D eigenvalue weighted by Crippen LogP contribution is -2.19. The average molecular weight is 375 g/mol. The molecule has 6 heteroatoms. The summed E-state index contributed by atoms with van der Waals surface area (Å²) in [7, 11) is 0. The van der Waals surface area contributed by atoms with Crippen LogP contribution in [0, 0.1) is 0 Å². The minimum atomic E-state index is -0.0564. The zero-order chi connectivity index (χ0) is 14.5. The molecule has 2 N–H and O–H groups in total. The van der Waals surface area contributed by atoms with Gasteiger partial charge in [0.15, 0.2) is 0 Å². The minimum absolute atomic E-state index is 0.0564. The molecule has 3 nitrogen and oxygen atoms in total. The molecule has 0 aliphatic heterocycles. The predicted molar refractivity (Wildman–Crippen MR) is 89.3 cm³/mol. The van der Waals surface area contributed by atoms with E-state index in [1.165, 1.54) is 4.90 Å². The lowest BCUT2D eigenvalue weighted by atomic mass is 10.2. The first kappa shape index (κ1) is 15.9. The maximum absolute atomic E-state index is 6.31. The van der Waals surface area contributed by atoms with Gasteiger partial charge in [-0.1, -0.05) is 18.5 Å². The molecule has 0 saturated heterocycles. The van der Waals surface area contributed by atoms with Crippen LogP contribution in [0.5, 0.6) is 0 Å². The molecule has 2 rings (SSSR count). The quantitative estimate of drug-likeness (QED) is 0.757. The Morgan fingerprint density at radius 3 is 2.75 bits per heavy atom. The third-order valence-corrected chi connectivity index (χ3v) is 4.86. The van der Waals surface area contributed by atoms with Gasteiger partial charge < -0.3 is 5.73 Å². The Morgan fingerprint density at radius 1 is 1.40 bits per heavy atom. The maximum Gasteiger partial charge on any atom is 0.0702 e. The molecule has 1 heterocycles. The van der Waals surface area contributed by atoms with Crippen LogP contribution in [0.4, 0.5) is 0 Å². The van der Waals surface area contributed by atoms with Gasteiger partial charge >= 0.3 is 0 Å². The van der Waals surface area contributed by atoms with E-state index in [1.54, 1.807) is 11.8 Å². The van der Waals surface area contributed by atoms with Crippen LogP contribution in [0.2, 0.25) is 5.02 Å². The van der Waals surface area contributed by atoms with Crippen molar-refractivity contribution in [1.29, 1.82) is 0 Å². The first-order chi connectivity index (χ1) is 9.61. The molecule has 0 aliphatic rings. The number of hydrogen-bond acceptors (Lipinski definition) is 3. The molecule has 1 unspecified atom stereocenters. The number of nitrogens with two attached hydrogens (primary N) is 1. The van der Waals surface area contributed by atoms with Crippen LogP contribution in [-0.2, 0) is 6.54 Å². The number of nitrogens with zero attached hydrogens (tertiary/aromatic N) is 2. The van der Waals surface area contributed by atoms with Crippen LogP contribution in [0.3, 0.4) is 0 Å². The van der Waals surface area contributed by atoms with E-state index < -0.39 is 0 Å². The van der Waals surface area contributed by atoms with Gasteiger partial charge in [-0.3, -0.25) is 4.68 Å². The van der Waals surface area contributed by atoms with E-state index in [4.69, 9.17) is 17.3 Å². The first-order valence-corrected chi connectivity index (χ1v) is 8.62. The average Bonchev–Trinajstić information content (AvgIpc) is 2.79. The molecular weight excluding hydrogens is 358 g/mol. The minimum Gasteiger partial charge on any atom is -0.322 e. The summed E-state index contributed by atoms with van der Waals surface area (Å²) in [6.07, 6.45) is 2.86. The van der Waals surface area contributed by atoms with Crippen LogP contribution in [-0.4, -0.2) is 15.5 Å². The van der Waals surface area contributed by atoms with Crippen molar-refractivity contribution in [3.63, 3.8) is 0 Å². The Balaban J connectivity index is 2.02. The summed E-state index contributed by atoms with van der Waals surface area (Å²) in [6.45, 7) is 3.02. The second kappa shape index (κ2) is 7.50. The summed E-state index contributed by atoms with van der Waals surface area (Å²) < 4.78 is 2.96. The molecule has 0 amide bonds. The van der Waals surface area contributed by atoms with Gasteiger partial charge in [-0.05, 0) is 46.6 Å². The Hall–Kier alpha value is -0.490. The molecule has 1 atom stereocenters. The van der Waals surface area contributed by atoms with Crippen LogP contribution >= 0.6 is 39.3 Å². The third kappa shape index (κ3) is 4.01. The zero-order valence-electron chi connectivity index (χ0n) is 11.2. The van der Waals surface area contributed by atoms with E-state index in [1.807, 2.05) is 35.1 Å². The van der Waals surface area contributed by atoms with Gasteiger partial charge in [0.05, 0.1) is 22.4 Å². The monoisotopic (exact) mass is 373 g/mol. The summed E-state index contributed by atoms with van der Waals surface area (Å²) >= 11 is 11.1. The predicted octanol–water partition coefficient (Wildman–Crippen LogP) is 4.50.